The number of carboxylic acid groups (broad SMARTS) is 1. The fourth-order valence-electron chi connectivity index (χ4n) is 4.50. The molecule has 0 aliphatic heterocycles. The molecule has 2 N–H and O–H groups in total. The number of ether oxygens (including phenoxy) is 1. The zero-order valence-electron chi connectivity index (χ0n) is 24.2. The molecular formula is C30H58N2O5. The van der Waals surface area contributed by atoms with Crippen molar-refractivity contribution in [1.29, 1.82) is 0 Å². The van der Waals surface area contributed by atoms with Gasteiger partial charge in [-0.1, -0.05) is 84.0 Å². The van der Waals surface area contributed by atoms with Gasteiger partial charge in [0.15, 0.2) is 0 Å². The van der Waals surface area contributed by atoms with Gasteiger partial charge in [-0.3, -0.25) is 14.4 Å². The van der Waals surface area contributed by atoms with Crippen LogP contribution >= 0.6 is 0 Å². The van der Waals surface area contributed by atoms with Crippen molar-refractivity contribution in [3.63, 3.8) is 0 Å². The Kier molecular flexibility index (Phi) is 26.2. The molecule has 0 atom stereocenters. The van der Waals surface area contributed by atoms with Crippen molar-refractivity contribution in [3.8, 4) is 0 Å². The number of amides is 1. The monoisotopic (exact) mass is 526 g/mol. The van der Waals surface area contributed by atoms with Crippen LogP contribution < -0.4 is 5.32 Å². The summed E-state index contributed by atoms with van der Waals surface area (Å²) in [5, 5.41) is 11.6. The molecule has 37 heavy (non-hydrogen) atoms. The number of carbonyl (C=O) groups excluding carboxylic acids is 2. The van der Waals surface area contributed by atoms with E-state index >= 15 is 0 Å². The SMILES string of the molecule is CCCCCCCCCOC(=O)CCCCCCCN(CCCCCCCC(=O)O)CCCNC(C)=O. The Morgan fingerprint density at radius 2 is 1.14 bits per heavy atom. The second kappa shape index (κ2) is 27.4. The molecule has 0 fully saturated rings. The van der Waals surface area contributed by atoms with Gasteiger partial charge in [0.1, 0.15) is 0 Å². The molecule has 0 saturated carbocycles. The number of hydrogen-bond donors (Lipinski definition) is 2. The van der Waals surface area contributed by atoms with Crippen LogP contribution in [0.15, 0.2) is 0 Å². The maximum absolute atomic E-state index is 11.9. The van der Waals surface area contributed by atoms with Crippen LogP contribution in [0.5, 0.6) is 0 Å². The molecule has 0 aliphatic carbocycles. The zero-order valence-corrected chi connectivity index (χ0v) is 24.2. The van der Waals surface area contributed by atoms with E-state index in [4.69, 9.17) is 9.84 Å². The summed E-state index contributed by atoms with van der Waals surface area (Å²) >= 11 is 0. The molecule has 0 aromatic rings. The Morgan fingerprint density at radius 1 is 0.649 bits per heavy atom. The van der Waals surface area contributed by atoms with Crippen LogP contribution in [0.2, 0.25) is 0 Å². The third-order valence-electron chi connectivity index (χ3n) is 6.76. The van der Waals surface area contributed by atoms with Crippen LogP contribution in [0.4, 0.5) is 0 Å². The molecule has 0 radical (unpaired) electrons. The van der Waals surface area contributed by atoms with Crippen molar-refractivity contribution in [2.24, 2.45) is 0 Å². The highest BCUT2D eigenvalue weighted by Gasteiger charge is 2.06. The van der Waals surface area contributed by atoms with Crippen molar-refractivity contribution in [3.05, 3.63) is 0 Å². The van der Waals surface area contributed by atoms with E-state index in [2.05, 4.69) is 17.1 Å². The lowest BCUT2D eigenvalue weighted by Gasteiger charge is -2.22. The largest absolute Gasteiger partial charge is 0.481 e. The Bertz CT molecular complexity index is 556. The number of esters is 1. The number of hydrogen-bond acceptors (Lipinski definition) is 5. The fourth-order valence-corrected chi connectivity index (χ4v) is 4.50. The van der Waals surface area contributed by atoms with Gasteiger partial charge in [-0.25, -0.2) is 0 Å². The van der Waals surface area contributed by atoms with Crippen LogP contribution in [-0.4, -0.2) is 60.6 Å². The molecule has 0 aromatic heterocycles. The molecule has 7 nitrogen and oxygen atoms in total. The summed E-state index contributed by atoms with van der Waals surface area (Å²) in [6.07, 6.45) is 21.0. The van der Waals surface area contributed by atoms with Gasteiger partial charge in [0, 0.05) is 26.3 Å². The van der Waals surface area contributed by atoms with Gasteiger partial charge in [-0.15, -0.1) is 0 Å². The number of nitrogens with one attached hydrogen (secondary N) is 1. The standard InChI is InChI=1S/C30H58N2O5/c1-3-4-5-6-7-14-19-27-37-30(36)22-16-11-9-13-18-25-32(26-20-23-31-28(2)33)24-17-12-8-10-15-21-29(34)35/h3-27H2,1-2H3,(H,31,33)(H,34,35). The van der Waals surface area contributed by atoms with Gasteiger partial charge in [0.25, 0.3) is 0 Å². The molecule has 0 bridgehead atoms. The van der Waals surface area contributed by atoms with E-state index in [1.54, 1.807) is 6.92 Å². The summed E-state index contributed by atoms with van der Waals surface area (Å²) in [5.74, 6) is -0.724. The first-order chi connectivity index (χ1) is 18.0. The maximum Gasteiger partial charge on any atom is 0.305 e. The molecule has 0 rings (SSSR count). The average molecular weight is 527 g/mol. The van der Waals surface area contributed by atoms with Gasteiger partial charge in [0.05, 0.1) is 6.61 Å². The number of carbonyl (C=O) groups is 3. The Morgan fingerprint density at radius 3 is 1.70 bits per heavy atom. The summed E-state index contributed by atoms with van der Waals surface area (Å²) in [7, 11) is 0. The van der Waals surface area contributed by atoms with Gasteiger partial charge in [0.2, 0.25) is 5.91 Å². The minimum atomic E-state index is -0.705. The molecule has 0 saturated heterocycles. The Hall–Kier alpha value is -1.63. The van der Waals surface area contributed by atoms with Crippen LogP contribution in [0.3, 0.4) is 0 Å². The van der Waals surface area contributed by atoms with Crippen molar-refractivity contribution >= 4 is 17.8 Å². The molecular weight excluding hydrogens is 468 g/mol. The minimum Gasteiger partial charge on any atom is -0.481 e. The van der Waals surface area contributed by atoms with E-state index in [0.29, 0.717) is 13.0 Å². The quantitative estimate of drug-likeness (QED) is 0.0852. The molecule has 0 heterocycles. The summed E-state index contributed by atoms with van der Waals surface area (Å²) in [5.41, 5.74) is 0. The second-order valence-corrected chi connectivity index (χ2v) is 10.4. The van der Waals surface area contributed by atoms with E-state index in [1.807, 2.05) is 0 Å². The number of aliphatic carboxylic acids is 1. The van der Waals surface area contributed by atoms with E-state index in [-0.39, 0.29) is 18.3 Å². The highest BCUT2D eigenvalue weighted by Crippen LogP contribution is 2.11. The summed E-state index contributed by atoms with van der Waals surface area (Å²) in [6.45, 7) is 8.20. The molecule has 218 valence electrons. The molecule has 0 spiro atoms. The summed E-state index contributed by atoms with van der Waals surface area (Å²) in [6, 6.07) is 0. The van der Waals surface area contributed by atoms with E-state index in [1.165, 1.54) is 38.5 Å². The van der Waals surface area contributed by atoms with Crippen molar-refractivity contribution < 1.29 is 24.2 Å². The summed E-state index contributed by atoms with van der Waals surface area (Å²) < 4.78 is 5.37. The molecule has 7 heteroatoms. The molecule has 0 unspecified atom stereocenters. The van der Waals surface area contributed by atoms with Gasteiger partial charge < -0.3 is 20.1 Å². The lowest BCUT2D eigenvalue weighted by atomic mass is 10.1. The predicted octanol–water partition coefficient (Wildman–Crippen LogP) is 6.87. The van der Waals surface area contributed by atoms with Gasteiger partial charge in [-0.2, -0.15) is 0 Å². The van der Waals surface area contributed by atoms with Gasteiger partial charge in [-0.05, 0) is 58.2 Å². The lowest BCUT2D eigenvalue weighted by molar-refractivity contribution is -0.144. The van der Waals surface area contributed by atoms with E-state index < -0.39 is 5.97 Å². The molecule has 0 aliphatic rings. The third kappa shape index (κ3) is 28.8. The van der Waals surface area contributed by atoms with E-state index in [9.17, 15) is 14.4 Å². The van der Waals surface area contributed by atoms with Crippen LogP contribution in [0, 0.1) is 0 Å². The number of carboxylic acids is 1. The normalized spacial score (nSPS) is 11.1. The third-order valence-corrected chi connectivity index (χ3v) is 6.76. The lowest BCUT2D eigenvalue weighted by Crippen LogP contribution is -2.30. The Balaban J connectivity index is 3.81. The minimum absolute atomic E-state index is 0.0228. The number of rotatable bonds is 28. The Labute approximate surface area is 227 Å². The first-order valence-corrected chi connectivity index (χ1v) is 15.3. The first kappa shape index (κ1) is 35.4. The summed E-state index contributed by atoms with van der Waals surface area (Å²) in [4.78, 5) is 36.1. The second-order valence-electron chi connectivity index (χ2n) is 10.4. The van der Waals surface area contributed by atoms with Gasteiger partial charge >= 0.3 is 11.9 Å². The highest BCUT2D eigenvalue weighted by atomic mass is 16.5. The zero-order chi connectivity index (χ0) is 27.4. The molecule has 0 aromatic carbocycles. The highest BCUT2D eigenvalue weighted by molar-refractivity contribution is 5.72. The molecule has 1 amide bonds. The fraction of sp³-hybridized carbons (Fsp3) is 0.900. The van der Waals surface area contributed by atoms with Crippen LogP contribution in [-0.2, 0) is 19.1 Å². The van der Waals surface area contributed by atoms with Crippen molar-refractivity contribution in [1.82, 2.24) is 10.2 Å². The van der Waals surface area contributed by atoms with Crippen LogP contribution in [0.1, 0.15) is 142 Å². The van der Waals surface area contributed by atoms with Crippen molar-refractivity contribution in [2.45, 2.75) is 142 Å². The number of nitrogens with zero attached hydrogens (tertiary/aromatic N) is 1. The van der Waals surface area contributed by atoms with Crippen molar-refractivity contribution in [2.75, 3.05) is 32.8 Å². The van der Waals surface area contributed by atoms with Crippen LogP contribution in [0.25, 0.3) is 0 Å². The average Bonchev–Trinajstić information content (AvgIpc) is 2.86. The van der Waals surface area contributed by atoms with E-state index in [0.717, 1.165) is 103 Å². The number of unbranched alkanes of at least 4 members (excludes halogenated alkanes) is 14. The predicted molar refractivity (Wildman–Crippen MR) is 152 cm³/mol. The first-order valence-electron chi connectivity index (χ1n) is 15.3. The topological polar surface area (TPSA) is 95.9 Å². The smallest absolute Gasteiger partial charge is 0.305 e. The maximum atomic E-state index is 11.9.